The van der Waals surface area contributed by atoms with E-state index in [1.165, 1.54) is 13.3 Å². The second-order valence-corrected chi connectivity index (χ2v) is 4.11. The van der Waals surface area contributed by atoms with Gasteiger partial charge in [0.25, 0.3) is 5.91 Å². The van der Waals surface area contributed by atoms with E-state index in [9.17, 15) is 4.79 Å². The van der Waals surface area contributed by atoms with Crippen LogP contribution in [-0.4, -0.2) is 28.0 Å². The molecule has 100 valence electrons. The summed E-state index contributed by atoms with van der Waals surface area (Å²) in [6.07, 6.45) is 1.54. The second-order valence-electron chi connectivity index (χ2n) is 4.11. The molecule has 3 aromatic rings. The smallest absolute Gasteiger partial charge is 0.280 e. The number of nitrogens with one attached hydrogen (secondary N) is 2. The molecule has 6 nitrogen and oxygen atoms in total. The van der Waals surface area contributed by atoms with Crippen molar-refractivity contribution in [2.75, 3.05) is 12.4 Å². The molecule has 1 aromatic carbocycles. The number of H-pyrrole nitrogens is 1. The number of hydrogen-bond acceptors (Lipinski definition) is 4. The lowest BCUT2D eigenvalue weighted by molar-refractivity contribution is 0.101. The molecular formula is C14H12N4O2. The Bertz CT molecular complexity index is 733. The maximum Gasteiger partial charge on any atom is 0.280 e. The molecule has 2 aromatic heterocycles. The topological polar surface area (TPSA) is 79.9 Å². The molecule has 0 saturated carbocycles. The lowest BCUT2D eigenvalue weighted by atomic mass is 10.3. The fraction of sp³-hybridized carbons (Fsp3) is 0.0714. The van der Waals surface area contributed by atoms with Crippen molar-refractivity contribution < 1.29 is 9.53 Å². The van der Waals surface area contributed by atoms with Gasteiger partial charge < -0.3 is 9.72 Å². The van der Waals surface area contributed by atoms with Crippen LogP contribution in [0.2, 0.25) is 0 Å². The van der Waals surface area contributed by atoms with Crippen LogP contribution < -0.4 is 10.1 Å². The number of aromatic nitrogens is 3. The van der Waals surface area contributed by atoms with E-state index >= 15 is 0 Å². The van der Waals surface area contributed by atoms with E-state index in [0.717, 1.165) is 11.0 Å². The molecule has 0 unspecified atom stereocenters. The number of methoxy groups -OCH3 is 1. The van der Waals surface area contributed by atoms with Gasteiger partial charge in [0.2, 0.25) is 5.95 Å². The highest BCUT2D eigenvalue weighted by Crippen LogP contribution is 2.17. The summed E-state index contributed by atoms with van der Waals surface area (Å²) in [5, 5.41) is 2.67. The summed E-state index contributed by atoms with van der Waals surface area (Å²) >= 11 is 0. The Hall–Kier alpha value is -2.89. The number of nitrogens with zero attached hydrogens (tertiary/aromatic N) is 2. The van der Waals surface area contributed by atoms with Crippen molar-refractivity contribution in [1.29, 1.82) is 0 Å². The lowest BCUT2D eigenvalue weighted by Gasteiger charge is -2.05. The SMILES string of the molecule is COc1cccnc1C(=O)Nc1nc2ccccc2[nH]1. The zero-order chi connectivity index (χ0) is 13.9. The molecule has 2 N–H and O–H groups in total. The summed E-state index contributed by atoms with van der Waals surface area (Å²) in [5.41, 5.74) is 1.86. The van der Waals surface area contributed by atoms with E-state index in [1.807, 2.05) is 24.3 Å². The Balaban J connectivity index is 1.88. The first-order valence-electron chi connectivity index (χ1n) is 6.03. The average Bonchev–Trinajstić information content (AvgIpc) is 2.89. The van der Waals surface area contributed by atoms with E-state index in [1.54, 1.807) is 12.1 Å². The molecule has 0 aliphatic rings. The predicted molar refractivity (Wildman–Crippen MR) is 74.8 cm³/mol. The van der Waals surface area contributed by atoms with Crippen molar-refractivity contribution >= 4 is 22.9 Å². The highest BCUT2D eigenvalue weighted by atomic mass is 16.5. The molecule has 0 fully saturated rings. The van der Waals surface area contributed by atoms with Crippen molar-refractivity contribution in [2.24, 2.45) is 0 Å². The van der Waals surface area contributed by atoms with Gasteiger partial charge in [-0.3, -0.25) is 10.1 Å². The third kappa shape index (κ3) is 2.18. The monoisotopic (exact) mass is 268 g/mol. The summed E-state index contributed by atoms with van der Waals surface area (Å²) < 4.78 is 5.11. The van der Waals surface area contributed by atoms with Crippen LogP contribution in [0, 0.1) is 0 Å². The van der Waals surface area contributed by atoms with Gasteiger partial charge in [-0.25, -0.2) is 9.97 Å². The number of benzene rings is 1. The Morgan fingerprint density at radius 3 is 2.90 bits per heavy atom. The number of hydrogen-bond donors (Lipinski definition) is 2. The molecule has 1 amide bonds. The number of amides is 1. The van der Waals surface area contributed by atoms with E-state index in [0.29, 0.717) is 11.7 Å². The number of para-hydroxylation sites is 2. The van der Waals surface area contributed by atoms with Gasteiger partial charge in [0.15, 0.2) is 5.69 Å². The molecule has 0 aliphatic carbocycles. The van der Waals surface area contributed by atoms with E-state index in [4.69, 9.17) is 4.74 Å². The Labute approximate surface area is 114 Å². The van der Waals surface area contributed by atoms with Crippen LogP contribution in [0.5, 0.6) is 5.75 Å². The third-order valence-electron chi connectivity index (χ3n) is 2.83. The molecule has 20 heavy (non-hydrogen) atoms. The first-order valence-corrected chi connectivity index (χ1v) is 6.03. The number of anilines is 1. The van der Waals surface area contributed by atoms with Gasteiger partial charge in [0.1, 0.15) is 5.75 Å². The Kier molecular flexibility index (Phi) is 3.04. The maximum atomic E-state index is 12.2. The Morgan fingerprint density at radius 1 is 1.25 bits per heavy atom. The van der Waals surface area contributed by atoms with Gasteiger partial charge in [-0.2, -0.15) is 0 Å². The molecule has 0 radical (unpaired) electrons. The lowest BCUT2D eigenvalue weighted by Crippen LogP contribution is -2.15. The predicted octanol–water partition coefficient (Wildman–Crippen LogP) is 2.22. The van der Waals surface area contributed by atoms with Crippen LogP contribution in [-0.2, 0) is 0 Å². The molecule has 0 atom stereocenters. The summed E-state index contributed by atoms with van der Waals surface area (Å²) in [5.74, 6) is 0.423. The zero-order valence-corrected chi connectivity index (χ0v) is 10.8. The van der Waals surface area contributed by atoms with Crippen LogP contribution in [0.25, 0.3) is 11.0 Å². The second kappa shape index (κ2) is 5.00. The van der Waals surface area contributed by atoms with Gasteiger partial charge in [0.05, 0.1) is 18.1 Å². The van der Waals surface area contributed by atoms with E-state index in [2.05, 4.69) is 20.3 Å². The van der Waals surface area contributed by atoms with Gasteiger partial charge in [-0.1, -0.05) is 12.1 Å². The largest absolute Gasteiger partial charge is 0.494 e. The van der Waals surface area contributed by atoms with E-state index in [-0.39, 0.29) is 11.6 Å². The summed E-state index contributed by atoms with van der Waals surface area (Å²) in [6.45, 7) is 0. The van der Waals surface area contributed by atoms with Gasteiger partial charge in [-0.05, 0) is 24.3 Å². The molecule has 6 heteroatoms. The normalized spacial score (nSPS) is 10.4. The summed E-state index contributed by atoms with van der Waals surface area (Å²) in [6, 6.07) is 10.9. The van der Waals surface area contributed by atoms with Crippen LogP contribution in [0.4, 0.5) is 5.95 Å². The number of pyridine rings is 1. The van der Waals surface area contributed by atoms with Crippen molar-refractivity contribution in [3.05, 3.63) is 48.3 Å². The number of imidazole rings is 1. The third-order valence-corrected chi connectivity index (χ3v) is 2.83. The van der Waals surface area contributed by atoms with Crippen LogP contribution >= 0.6 is 0 Å². The van der Waals surface area contributed by atoms with Crippen LogP contribution in [0.1, 0.15) is 10.5 Å². The minimum absolute atomic E-state index is 0.218. The molecule has 0 saturated heterocycles. The van der Waals surface area contributed by atoms with E-state index < -0.39 is 0 Å². The van der Waals surface area contributed by atoms with Crippen molar-refractivity contribution in [3.8, 4) is 5.75 Å². The van der Waals surface area contributed by atoms with Crippen LogP contribution in [0.15, 0.2) is 42.6 Å². The highest BCUT2D eigenvalue weighted by Gasteiger charge is 2.15. The number of carbonyl (C=O) groups excluding carboxylic acids is 1. The quantitative estimate of drug-likeness (QED) is 0.763. The number of carbonyl (C=O) groups is 1. The summed E-state index contributed by atoms with van der Waals surface area (Å²) in [7, 11) is 1.50. The standard InChI is InChI=1S/C14H12N4O2/c1-20-11-7-4-8-15-12(11)13(19)18-14-16-9-5-2-3-6-10(9)17-14/h2-8H,1H3,(H2,16,17,18,19). The number of aromatic amines is 1. The fourth-order valence-corrected chi connectivity index (χ4v) is 1.90. The van der Waals surface area contributed by atoms with Gasteiger partial charge in [-0.15, -0.1) is 0 Å². The summed E-state index contributed by atoms with van der Waals surface area (Å²) in [4.78, 5) is 23.5. The molecular weight excluding hydrogens is 256 g/mol. The van der Waals surface area contributed by atoms with Crippen molar-refractivity contribution in [1.82, 2.24) is 15.0 Å². The fourth-order valence-electron chi connectivity index (χ4n) is 1.90. The minimum atomic E-state index is -0.374. The van der Waals surface area contributed by atoms with Crippen molar-refractivity contribution in [3.63, 3.8) is 0 Å². The number of fused-ring (bicyclic) bond motifs is 1. The molecule has 3 rings (SSSR count). The first kappa shape index (κ1) is 12.2. The maximum absolute atomic E-state index is 12.2. The van der Waals surface area contributed by atoms with Crippen LogP contribution in [0.3, 0.4) is 0 Å². The number of ether oxygens (including phenoxy) is 1. The average molecular weight is 268 g/mol. The molecule has 2 heterocycles. The zero-order valence-electron chi connectivity index (χ0n) is 10.8. The minimum Gasteiger partial charge on any atom is -0.494 e. The van der Waals surface area contributed by atoms with Gasteiger partial charge in [0, 0.05) is 6.20 Å². The Morgan fingerprint density at radius 2 is 2.10 bits per heavy atom. The van der Waals surface area contributed by atoms with Crippen molar-refractivity contribution in [2.45, 2.75) is 0 Å². The molecule has 0 spiro atoms. The molecule has 0 bridgehead atoms. The number of rotatable bonds is 3. The first-order chi connectivity index (χ1) is 9.78. The highest BCUT2D eigenvalue weighted by molar-refractivity contribution is 6.04. The molecule has 0 aliphatic heterocycles. The van der Waals surface area contributed by atoms with Gasteiger partial charge >= 0.3 is 0 Å².